The second-order valence-corrected chi connectivity index (χ2v) is 4.74. The molecule has 1 aliphatic rings. The average Bonchev–Trinajstić information content (AvgIpc) is 2.27. The molecule has 0 bridgehead atoms. The van der Waals surface area contributed by atoms with E-state index in [1.54, 1.807) is 16.8 Å². The normalized spacial score (nSPS) is 18.9. The van der Waals surface area contributed by atoms with Gasteiger partial charge in [0.1, 0.15) is 0 Å². The highest BCUT2D eigenvalue weighted by molar-refractivity contribution is 4.97. The Morgan fingerprint density at radius 1 is 1.38 bits per heavy atom. The lowest BCUT2D eigenvalue weighted by Gasteiger charge is -2.28. The maximum Gasteiger partial charge on any atom is 0.266 e. The summed E-state index contributed by atoms with van der Waals surface area (Å²) in [6.45, 7) is 4.95. The fraction of sp³-hybridized carbons (Fsp3) is 0.667. The molecule has 0 N–H and O–H groups in total. The van der Waals surface area contributed by atoms with E-state index in [1.807, 2.05) is 6.92 Å². The molecule has 1 aromatic heterocycles. The molecule has 1 fully saturated rings. The minimum atomic E-state index is 0.0181. The molecule has 0 unspecified atom stereocenters. The van der Waals surface area contributed by atoms with Crippen molar-refractivity contribution in [3.63, 3.8) is 0 Å². The Labute approximate surface area is 95.9 Å². The van der Waals surface area contributed by atoms with Crippen LogP contribution in [0.4, 0.5) is 0 Å². The average molecular weight is 221 g/mol. The van der Waals surface area contributed by atoms with Crippen LogP contribution in [0.3, 0.4) is 0 Å². The third kappa shape index (κ3) is 2.70. The Morgan fingerprint density at radius 2 is 2.06 bits per heavy atom. The molecule has 0 amide bonds. The van der Waals surface area contributed by atoms with E-state index in [2.05, 4.69) is 17.0 Å². The van der Waals surface area contributed by atoms with Crippen molar-refractivity contribution in [3.8, 4) is 0 Å². The van der Waals surface area contributed by atoms with Gasteiger partial charge in [-0.15, -0.1) is 0 Å². The van der Waals surface area contributed by atoms with Crippen molar-refractivity contribution in [1.29, 1.82) is 0 Å². The number of piperidine rings is 1. The molecule has 88 valence electrons. The molecular weight excluding hydrogens is 202 g/mol. The summed E-state index contributed by atoms with van der Waals surface area (Å²) in [7, 11) is 2.15. The number of likely N-dealkylation sites (tertiary alicyclic amines) is 1. The van der Waals surface area contributed by atoms with Gasteiger partial charge in [0.25, 0.3) is 5.56 Å². The largest absolute Gasteiger partial charge is 0.306 e. The van der Waals surface area contributed by atoms with E-state index in [0.717, 1.165) is 25.3 Å². The first kappa shape index (κ1) is 11.3. The monoisotopic (exact) mass is 221 g/mol. The van der Waals surface area contributed by atoms with Gasteiger partial charge in [-0.3, -0.25) is 4.79 Å². The van der Waals surface area contributed by atoms with Crippen molar-refractivity contribution in [2.45, 2.75) is 26.3 Å². The first-order valence-corrected chi connectivity index (χ1v) is 5.88. The lowest BCUT2D eigenvalue weighted by Crippen LogP contribution is -2.34. The summed E-state index contributed by atoms with van der Waals surface area (Å²) in [5.41, 5.74) is 0.928. The predicted molar refractivity (Wildman–Crippen MR) is 63.5 cm³/mol. The zero-order valence-electron chi connectivity index (χ0n) is 10.0. The van der Waals surface area contributed by atoms with Crippen LogP contribution in [-0.2, 0) is 6.54 Å². The number of aryl methyl sites for hydroxylation is 1. The van der Waals surface area contributed by atoms with Crippen molar-refractivity contribution in [1.82, 2.24) is 14.7 Å². The summed E-state index contributed by atoms with van der Waals surface area (Å²) < 4.78 is 1.62. The Balaban J connectivity index is 2.03. The Kier molecular flexibility index (Phi) is 3.39. The van der Waals surface area contributed by atoms with Crippen LogP contribution in [0.25, 0.3) is 0 Å². The van der Waals surface area contributed by atoms with Crippen LogP contribution < -0.4 is 5.56 Å². The van der Waals surface area contributed by atoms with Gasteiger partial charge in [0.15, 0.2) is 0 Å². The number of rotatable bonds is 2. The topological polar surface area (TPSA) is 38.1 Å². The molecule has 0 aromatic carbocycles. The SMILES string of the molecule is Cc1ccc(=O)n(CC2CCN(C)CC2)n1. The van der Waals surface area contributed by atoms with Crippen LogP contribution in [0.1, 0.15) is 18.5 Å². The zero-order valence-corrected chi connectivity index (χ0v) is 10.0. The van der Waals surface area contributed by atoms with Crippen LogP contribution in [0.15, 0.2) is 16.9 Å². The molecule has 4 nitrogen and oxygen atoms in total. The molecule has 0 radical (unpaired) electrons. The van der Waals surface area contributed by atoms with E-state index in [4.69, 9.17) is 0 Å². The van der Waals surface area contributed by atoms with Gasteiger partial charge >= 0.3 is 0 Å². The third-order valence-corrected chi connectivity index (χ3v) is 3.27. The quantitative estimate of drug-likeness (QED) is 0.744. The molecular formula is C12H19N3O. The molecule has 0 spiro atoms. The molecule has 2 rings (SSSR count). The summed E-state index contributed by atoms with van der Waals surface area (Å²) in [5, 5.41) is 4.28. The summed E-state index contributed by atoms with van der Waals surface area (Å²) >= 11 is 0. The summed E-state index contributed by atoms with van der Waals surface area (Å²) in [6.07, 6.45) is 2.33. The number of nitrogens with zero attached hydrogens (tertiary/aromatic N) is 3. The molecule has 1 saturated heterocycles. The van der Waals surface area contributed by atoms with Gasteiger partial charge in [0.2, 0.25) is 0 Å². The van der Waals surface area contributed by atoms with Gasteiger partial charge in [-0.25, -0.2) is 4.68 Å². The van der Waals surface area contributed by atoms with Gasteiger partial charge in [0, 0.05) is 12.6 Å². The van der Waals surface area contributed by atoms with Gasteiger partial charge in [0.05, 0.1) is 5.69 Å². The van der Waals surface area contributed by atoms with Crippen LogP contribution in [0, 0.1) is 12.8 Å². The van der Waals surface area contributed by atoms with Gasteiger partial charge in [-0.2, -0.15) is 5.10 Å². The standard InChI is InChI=1S/C12H19N3O/c1-10-3-4-12(16)15(13-10)9-11-5-7-14(2)8-6-11/h3-4,11H,5-9H2,1-2H3. The van der Waals surface area contributed by atoms with Crippen molar-refractivity contribution in [2.24, 2.45) is 5.92 Å². The first-order chi connectivity index (χ1) is 7.65. The minimum Gasteiger partial charge on any atom is -0.306 e. The minimum absolute atomic E-state index is 0.0181. The van der Waals surface area contributed by atoms with Crippen LogP contribution >= 0.6 is 0 Å². The van der Waals surface area contributed by atoms with E-state index in [0.29, 0.717) is 5.92 Å². The van der Waals surface area contributed by atoms with Gasteiger partial charge in [-0.05, 0) is 51.9 Å². The smallest absolute Gasteiger partial charge is 0.266 e. The van der Waals surface area contributed by atoms with Crippen LogP contribution in [-0.4, -0.2) is 34.8 Å². The Hall–Kier alpha value is -1.16. The molecule has 1 aliphatic heterocycles. The van der Waals surface area contributed by atoms with Gasteiger partial charge < -0.3 is 4.90 Å². The number of hydrogen-bond donors (Lipinski definition) is 0. The van der Waals surface area contributed by atoms with Gasteiger partial charge in [-0.1, -0.05) is 0 Å². The maximum atomic E-state index is 11.6. The van der Waals surface area contributed by atoms with E-state index in [-0.39, 0.29) is 5.56 Å². The van der Waals surface area contributed by atoms with E-state index < -0.39 is 0 Å². The molecule has 1 aromatic rings. The van der Waals surface area contributed by atoms with Crippen molar-refractivity contribution in [3.05, 3.63) is 28.2 Å². The maximum absolute atomic E-state index is 11.6. The highest BCUT2D eigenvalue weighted by Crippen LogP contribution is 2.16. The lowest BCUT2D eigenvalue weighted by molar-refractivity contribution is 0.199. The molecule has 2 heterocycles. The lowest BCUT2D eigenvalue weighted by atomic mass is 9.97. The predicted octanol–water partition coefficient (Wildman–Crippen LogP) is 0.894. The van der Waals surface area contributed by atoms with Crippen molar-refractivity contribution in [2.75, 3.05) is 20.1 Å². The van der Waals surface area contributed by atoms with E-state index >= 15 is 0 Å². The molecule has 16 heavy (non-hydrogen) atoms. The first-order valence-electron chi connectivity index (χ1n) is 5.88. The fourth-order valence-corrected chi connectivity index (χ4v) is 2.17. The molecule has 0 aliphatic carbocycles. The highest BCUT2D eigenvalue weighted by Gasteiger charge is 2.17. The zero-order chi connectivity index (χ0) is 11.5. The molecule has 0 atom stereocenters. The summed E-state index contributed by atoms with van der Waals surface area (Å²) in [5.74, 6) is 0.600. The second-order valence-electron chi connectivity index (χ2n) is 4.74. The van der Waals surface area contributed by atoms with E-state index in [1.165, 1.54) is 12.8 Å². The number of hydrogen-bond acceptors (Lipinski definition) is 3. The Morgan fingerprint density at radius 3 is 2.75 bits per heavy atom. The van der Waals surface area contributed by atoms with Crippen LogP contribution in [0.5, 0.6) is 0 Å². The van der Waals surface area contributed by atoms with Crippen LogP contribution in [0.2, 0.25) is 0 Å². The summed E-state index contributed by atoms with van der Waals surface area (Å²) in [6, 6.07) is 3.38. The highest BCUT2D eigenvalue weighted by atomic mass is 16.1. The van der Waals surface area contributed by atoms with E-state index in [9.17, 15) is 4.79 Å². The summed E-state index contributed by atoms with van der Waals surface area (Å²) in [4.78, 5) is 13.9. The Bertz CT molecular complexity index is 405. The molecule has 4 heteroatoms. The fourth-order valence-electron chi connectivity index (χ4n) is 2.17. The number of aromatic nitrogens is 2. The van der Waals surface area contributed by atoms with Crippen molar-refractivity contribution >= 4 is 0 Å². The van der Waals surface area contributed by atoms with Crippen molar-refractivity contribution < 1.29 is 0 Å². The molecule has 0 saturated carbocycles. The second kappa shape index (κ2) is 4.78. The third-order valence-electron chi connectivity index (χ3n) is 3.27.